The number of hydrogen-bond acceptors (Lipinski definition) is 11. The van der Waals surface area contributed by atoms with Gasteiger partial charge in [0.1, 0.15) is 61.0 Å². The molecule has 7 aromatic carbocycles. The molecule has 406 valence electrons. The fourth-order valence-electron chi connectivity index (χ4n) is 11.3. The second kappa shape index (κ2) is 27.3. The van der Waals surface area contributed by atoms with Crippen LogP contribution in [0.15, 0.2) is 212 Å². The van der Waals surface area contributed by atoms with Crippen molar-refractivity contribution in [3.63, 3.8) is 0 Å². The summed E-state index contributed by atoms with van der Waals surface area (Å²) in [6.45, 7) is 2.22. The molecule has 7 aromatic rings. The van der Waals surface area contributed by atoms with Crippen molar-refractivity contribution in [2.75, 3.05) is 6.61 Å². The summed E-state index contributed by atoms with van der Waals surface area (Å²) in [5.74, 6) is -0.857. The van der Waals surface area contributed by atoms with Crippen LogP contribution in [0.2, 0.25) is 0 Å². The van der Waals surface area contributed by atoms with Crippen LogP contribution in [0.25, 0.3) is 0 Å². The van der Waals surface area contributed by atoms with Crippen LogP contribution in [-0.4, -0.2) is 79.7 Å². The molecule has 0 unspecified atom stereocenters. The Bertz CT molecular complexity index is 2790. The zero-order chi connectivity index (χ0) is 52.6. The molecule has 11 rings (SSSR count). The highest BCUT2D eigenvalue weighted by Gasteiger charge is 2.64. The molecule has 0 amide bonds. The van der Waals surface area contributed by atoms with Gasteiger partial charge >= 0.3 is 0 Å². The van der Waals surface area contributed by atoms with E-state index in [0.717, 1.165) is 71.0 Å². The average Bonchev–Trinajstić information content (AvgIpc) is 3.91. The Balaban J connectivity index is 1.01. The highest BCUT2D eigenvalue weighted by Crippen LogP contribution is 2.48. The first-order valence-corrected chi connectivity index (χ1v) is 27.8. The van der Waals surface area contributed by atoms with Crippen LogP contribution in [0.4, 0.5) is 0 Å². The second-order valence-corrected chi connectivity index (χ2v) is 20.8. The Hall–Kier alpha value is -5.90. The molecule has 11 atom stereocenters. The lowest BCUT2D eigenvalue weighted by molar-refractivity contribution is -0.357. The smallest absolute Gasteiger partial charge is 0.187 e. The van der Waals surface area contributed by atoms with Gasteiger partial charge in [-0.25, -0.2) is 0 Å². The van der Waals surface area contributed by atoms with Crippen LogP contribution in [0.1, 0.15) is 71.0 Å². The SMILES string of the molecule is c1ccc(COC[C@H]2O[C@H](O[C@@H]3[C@@H](OCc4ccccc4)[C@H](OCc4ccccc4)[C@@H](OCc4ccccc4)[C@H]4OC5(CCCCC5)O[C@@H]34)[C@@H](OCc3ccccc3)[C@@H](OCc3ccccc3)[C@@H]2OCc2ccccc2)cc1. The number of hydrogen-bond donors (Lipinski definition) is 0. The number of rotatable bonds is 24. The molecular weight excluding hydrogens is 981 g/mol. The molecule has 78 heavy (non-hydrogen) atoms. The largest absolute Gasteiger partial charge is 0.374 e. The quantitative estimate of drug-likeness (QED) is 0.0578. The molecule has 2 aliphatic heterocycles. The minimum absolute atomic E-state index is 0.163. The Morgan fingerprint density at radius 3 is 1.03 bits per heavy atom. The van der Waals surface area contributed by atoms with Crippen molar-refractivity contribution in [1.82, 2.24) is 0 Å². The third-order valence-electron chi connectivity index (χ3n) is 15.2. The summed E-state index contributed by atoms with van der Waals surface area (Å²) in [5, 5.41) is 0. The molecule has 1 spiro atoms. The van der Waals surface area contributed by atoms with E-state index in [1.807, 2.05) is 127 Å². The third kappa shape index (κ3) is 14.1. The molecule has 2 saturated carbocycles. The monoisotopic (exact) mass is 1050 g/mol. The van der Waals surface area contributed by atoms with Gasteiger partial charge in [-0.3, -0.25) is 0 Å². The topological polar surface area (TPSA) is 102 Å². The summed E-state index contributed by atoms with van der Waals surface area (Å²) < 4.78 is 79.7. The molecule has 0 aromatic heterocycles. The van der Waals surface area contributed by atoms with Crippen molar-refractivity contribution >= 4 is 0 Å². The van der Waals surface area contributed by atoms with Gasteiger partial charge in [0.05, 0.1) is 52.9 Å². The van der Waals surface area contributed by atoms with Gasteiger partial charge in [0.2, 0.25) is 0 Å². The van der Waals surface area contributed by atoms with Crippen molar-refractivity contribution in [1.29, 1.82) is 0 Å². The van der Waals surface area contributed by atoms with E-state index in [1.165, 1.54) is 0 Å². The lowest BCUT2D eigenvalue weighted by Gasteiger charge is -2.50. The summed E-state index contributed by atoms with van der Waals surface area (Å²) in [7, 11) is 0. The van der Waals surface area contributed by atoms with E-state index < -0.39 is 73.1 Å². The maximum atomic E-state index is 7.76. The molecule has 0 N–H and O–H groups in total. The molecule has 0 radical (unpaired) electrons. The predicted molar refractivity (Wildman–Crippen MR) is 295 cm³/mol. The van der Waals surface area contributed by atoms with E-state index in [2.05, 4.69) is 84.9 Å². The van der Waals surface area contributed by atoms with Crippen LogP contribution in [0.3, 0.4) is 0 Å². The van der Waals surface area contributed by atoms with E-state index in [0.29, 0.717) is 19.8 Å². The standard InChI is InChI=1S/C67H72O11/c1-9-25-49(26-10-1)41-68-48-56-57(69-42-50-27-11-2-12-28-50)58(70-43-51-29-13-3-14-30-51)65(74-47-55-37-21-7-22-38-55)66(75-56)76-62-60(72-45-53-33-17-5-18-34-53)59(71-44-52-31-15-4-16-32-52)61(73-46-54-35-19-6-20-36-54)63-64(62)78-67(77-63)39-23-8-24-40-67/h1-7,9-22,25-38,56-66H,8,23-24,39-48H2/t56-,57-,58+,59+,60+,61-,62-,63-,64+,65+,66-/m1/s1. The van der Waals surface area contributed by atoms with Crippen LogP contribution in [0, 0.1) is 0 Å². The average molecular weight is 1050 g/mol. The summed E-state index contributed by atoms with van der Waals surface area (Å²) in [5.41, 5.74) is 7.07. The van der Waals surface area contributed by atoms with Crippen LogP contribution < -0.4 is 0 Å². The van der Waals surface area contributed by atoms with Crippen LogP contribution >= 0.6 is 0 Å². The Kier molecular flexibility index (Phi) is 18.9. The van der Waals surface area contributed by atoms with E-state index in [4.69, 9.17) is 52.1 Å². The maximum Gasteiger partial charge on any atom is 0.187 e. The number of fused-ring (bicyclic) bond motifs is 1. The lowest BCUT2D eigenvalue weighted by atomic mass is 9.83. The van der Waals surface area contributed by atoms with Gasteiger partial charge in [0.25, 0.3) is 0 Å². The highest BCUT2D eigenvalue weighted by atomic mass is 16.8. The molecule has 0 bridgehead atoms. The van der Waals surface area contributed by atoms with Crippen molar-refractivity contribution in [3.8, 4) is 0 Å². The van der Waals surface area contributed by atoms with Gasteiger partial charge in [0, 0.05) is 12.8 Å². The summed E-state index contributed by atoms with van der Waals surface area (Å²) in [4.78, 5) is 0. The first-order valence-electron chi connectivity index (χ1n) is 27.8. The van der Waals surface area contributed by atoms with E-state index in [-0.39, 0.29) is 33.0 Å². The maximum absolute atomic E-state index is 7.76. The Labute approximate surface area is 459 Å². The summed E-state index contributed by atoms with van der Waals surface area (Å²) in [6, 6.07) is 71.3. The molecule has 4 fully saturated rings. The van der Waals surface area contributed by atoms with Gasteiger partial charge in [0.15, 0.2) is 12.1 Å². The molecule has 11 heteroatoms. The van der Waals surface area contributed by atoms with E-state index in [1.54, 1.807) is 0 Å². The number of benzene rings is 7. The van der Waals surface area contributed by atoms with Crippen LogP contribution in [-0.2, 0) is 98.4 Å². The Morgan fingerprint density at radius 1 is 0.321 bits per heavy atom. The van der Waals surface area contributed by atoms with Gasteiger partial charge < -0.3 is 52.1 Å². The normalized spacial score (nSPS) is 26.6. The fraction of sp³-hybridized carbons (Fsp3) is 0.373. The zero-order valence-electron chi connectivity index (χ0n) is 44.2. The van der Waals surface area contributed by atoms with Gasteiger partial charge in [-0.05, 0) is 51.8 Å². The third-order valence-corrected chi connectivity index (χ3v) is 15.2. The summed E-state index contributed by atoms with van der Waals surface area (Å²) >= 11 is 0. The van der Waals surface area contributed by atoms with Crippen molar-refractivity contribution < 1.29 is 52.1 Å². The first kappa shape index (κ1) is 54.1. The molecule has 2 aliphatic carbocycles. The minimum Gasteiger partial charge on any atom is -0.374 e. The van der Waals surface area contributed by atoms with E-state index in [9.17, 15) is 0 Å². The lowest BCUT2D eigenvalue weighted by Crippen LogP contribution is -2.68. The van der Waals surface area contributed by atoms with Gasteiger partial charge in [-0.2, -0.15) is 0 Å². The molecule has 2 saturated heterocycles. The van der Waals surface area contributed by atoms with Crippen molar-refractivity contribution in [2.45, 2.75) is 151 Å². The second-order valence-electron chi connectivity index (χ2n) is 20.8. The van der Waals surface area contributed by atoms with Gasteiger partial charge in [-0.1, -0.05) is 219 Å². The minimum atomic E-state index is -1.08. The number of ether oxygens (including phenoxy) is 11. The predicted octanol–water partition coefficient (Wildman–Crippen LogP) is 12.3. The molecule has 4 aliphatic rings. The molecular formula is C67H72O11. The summed E-state index contributed by atoms with van der Waals surface area (Å²) in [6.07, 6.45) is -3.76. The van der Waals surface area contributed by atoms with Gasteiger partial charge in [-0.15, -0.1) is 0 Å². The van der Waals surface area contributed by atoms with E-state index >= 15 is 0 Å². The van der Waals surface area contributed by atoms with Crippen LogP contribution in [0.5, 0.6) is 0 Å². The van der Waals surface area contributed by atoms with Crippen molar-refractivity contribution in [3.05, 3.63) is 251 Å². The zero-order valence-corrected chi connectivity index (χ0v) is 44.2. The first-order chi connectivity index (χ1) is 38.6. The molecule has 2 heterocycles. The Morgan fingerprint density at radius 2 is 0.628 bits per heavy atom. The highest BCUT2D eigenvalue weighted by molar-refractivity contribution is 5.20. The fourth-order valence-corrected chi connectivity index (χ4v) is 11.3. The molecule has 11 nitrogen and oxygen atoms in total. The van der Waals surface area contributed by atoms with Crippen molar-refractivity contribution in [2.24, 2.45) is 0 Å².